The summed E-state index contributed by atoms with van der Waals surface area (Å²) in [7, 11) is -3.44. The Morgan fingerprint density at radius 2 is 2.06 bits per heavy atom. The molecular formula is C12H15NO3S. The Balaban J connectivity index is 2.23. The number of epoxide rings is 1. The number of hydrogen-bond donors (Lipinski definition) is 0. The van der Waals surface area contributed by atoms with Gasteiger partial charge in [0.05, 0.1) is 17.6 Å². The zero-order valence-corrected chi connectivity index (χ0v) is 10.3. The lowest BCUT2D eigenvalue weighted by molar-refractivity contribution is 0.348. The average molecular weight is 253 g/mol. The Labute approximate surface area is 102 Å². The van der Waals surface area contributed by atoms with E-state index in [1.54, 1.807) is 36.4 Å². The van der Waals surface area contributed by atoms with Crippen molar-refractivity contribution < 1.29 is 13.2 Å². The predicted octanol–water partition coefficient (Wildman–Crippen LogP) is 1.26. The highest BCUT2D eigenvalue weighted by atomic mass is 32.2. The SMILES string of the molecule is C=CCN(CC1CO1)S(=O)(=O)c1ccccc1. The summed E-state index contributed by atoms with van der Waals surface area (Å²) in [5.74, 6) is 0. The van der Waals surface area contributed by atoms with Crippen molar-refractivity contribution in [3.63, 3.8) is 0 Å². The van der Waals surface area contributed by atoms with Gasteiger partial charge in [-0.15, -0.1) is 6.58 Å². The fourth-order valence-electron chi connectivity index (χ4n) is 1.56. The third kappa shape index (κ3) is 2.94. The second kappa shape index (κ2) is 5.00. The van der Waals surface area contributed by atoms with Gasteiger partial charge in [0.15, 0.2) is 0 Å². The van der Waals surface area contributed by atoms with E-state index in [4.69, 9.17) is 4.74 Å². The smallest absolute Gasteiger partial charge is 0.243 e. The summed E-state index contributed by atoms with van der Waals surface area (Å²) in [4.78, 5) is 0.308. The van der Waals surface area contributed by atoms with Crippen LogP contribution in [-0.2, 0) is 14.8 Å². The van der Waals surface area contributed by atoms with Crippen LogP contribution in [0.3, 0.4) is 0 Å². The first kappa shape index (κ1) is 12.3. The van der Waals surface area contributed by atoms with Gasteiger partial charge < -0.3 is 4.74 Å². The Bertz CT molecular complexity index is 480. The first-order chi connectivity index (χ1) is 8.14. The molecule has 1 aliphatic rings. The molecule has 0 aliphatic carbocycles. The van der Waals surface area contributed by atoms with Crippen LogP contribution in [0.25, 0.3) is 0 Å². The van der Waals surface area contributed by atoms with E-state index in [-0.39, 0.29) is 6.10 Å². The van der Waals surface area contributed by atoms with Crippen molar-refractivity contribution in [2.24, 2.45) is 0 Å². The molecule has 1 heterocycles. The summed E-state index contributed by atoms with van der Waals surface area (Å²) >= 11 is 0. The zero-order valence-electron chi connectivity index (χ0n) is 9.45. The van der Waals surface area contributed by atoms with Crippen LogP contribution >= 0.6 is 0 Å². The molecule has 1 atom stereocenters. The highest BCUT2D eigenvalue weighted by molar-refractivity contribution is 7.89. The molecule has 0 bridgehead atoms. The fraction of sp³-hybridized carbons (Fsp3) is 0.333. The van der Waals surface area contributed by atoms with Gasteiger partial charge in [0.2, 0.25) is 10.0 Å². The van der Waals surface area contributed by atoms with E-state index < -0.39 is 10.0 Å². The summed E-state index contributed by atoms with van der Waals surface area (Å²) in [5.41, 5.74) is 0. The van der Waals surface area contributed by atoms with Crippen LogP contribution in [0.15, 0.2) is 47.9 Å². The molecule has 0 amide bonds. The van der Waals surface area contributed by atoms with Crippen molar-refractivity contribution in [2.75, 3.05) is 19.7 Å². The van der Waals surface area contributed by atoms with E-state index in [1.165, 1.54) is 4.31 Å². The molecular weight excluding hydrogens is 238 g/mol. The van der Waals surface area contributed by atoms with Crippen LogP contribution in [0, 0.1) is 0 Å². The van der Waals surface area contributed by atoms with Gasteiger partial charge in [-0.2, -0.15) is 4.31 Å². The second-order valence-electron chi connectivity index (χ2n) is 3.88. The largest absolute Gasteiger partial charge is 0.372 e. The van der Waals surface area contributed by atoms with Crippen molar-refractivity contribution in [1.82, 2.24) is 4.31 Å². The maximum absolute atomic E-state index is 12.3. The average Bonchev–Trinajstić information content (AvgIpc) is 3.14. The number of rotatable bonds is 6. The van der Waals surface area contributed by atoms with Crippen LogP contribution in [0.5, 0.6) is 0 Å². The molecule has 0 radical (unpaired) electrons. The number of sulfonamides is 1. The normalized spacial score (nSPS) is 19.2. The minimum atomic E-state index is -3.44. The molecule has 1 saturated heterocycles. The van der Waals surface area contributed by atoms with Crippen LogP contribution in [-0.4, -0.2) is 38.5 Å². The summed E-state index contributed by atoms with van der Waals surface area (Å²) in [6.45, 7) is 4.92. The highest BCUT2D eigenvalue weighted by Gasteiger charge is 2.31. The maximum Gasteiger partial charge on any atom is 0.243 e. The summed E-state index contributed by atoms with van der Waals surface area (Å²) in [5, 5.41) is 0. The molecule has 5 heteroatoms. The van der Waals surface area contributed by atoms with E-state index in [0.717, 1.165) is 0 Å². The zero-order chi connectivity index (χ0) is 12.3. The van der Waals surface area contributed by atoms with Crippen molar-refractivity contribution in [3.8, 4) is 0 Å². The lowest BCUT2D eigenvalue weighted by atomic mass is 10.4. The molecule has 1 fully saturated rings. The molecule has 1 unspecified atom stereocenters. The van der Waals surface area contributed by atoms with Gasteiger partial charge in [-0.25, -0.2) is 8.42 Å². The van der Waals surface area contributed by atoms with Gasteiger partial charge in [-0.1, -0.05) is 24.3 Å². The highest BCUT2D eigenvalue weighted by Crippen LogP contribution is 2.19. The van der Waals surface area contributed by atoms with Crippen molar-refractivity contribution in [1.29, 1.82) is 0 Å². The molecule has 2 rings (SSSR count). The van der Waals surface area contributed by atoms with E-state index in [1.807, 2.05) is 0 Å². The predicted molar refractivity (Wildman–Crippen MR) is 65.1 cm³/mol. The molecule has 1 aliphatic heterocycles. The third-order valence-corrected chi connectivity index (χ3v) is 4.37. The lowest BCUT2D eigenvalue weighted by Gasteiger charge is -2.19. The summed E-state index contributed by atoms with van der Waals surface area (Å²) < 4.78 is 31.1. The standard InChI is InChI=1S/C12H15NO3S/c1-2-8-13(9-11-10-16-11)17(14,15)12-6-4-3-5-7-12/h2-7,11H,1,8-10H2. The third-order valence-electron chi connectivity index (χ3n) is 2.52. The first-order valence-electron chi connectivity index (χ1n) is 5.42. The van der Waals surface area contributed by atoms with E-state index in [0.29, 0.717) is 24.6 Å². The van der Waals surface area contributed by atoms with E-state index in [2.05, 4.69) is 6.58 Å². The minimum absolute atomic E-state index is 0.0356. The van der Waals surface area contributed by atoms with Gasteiger partial charge in [0, 0.05) is 13.1 Å². The van der Waals surface area contributed by atoms with Gasteiger partial charge >= 0.3 is 0 Å². The molecule has 0 N–H and O–H groups in total. The van der Waals surface area contributed by atoms with Crippen LogP contribution in [0.1, 0.15) is 0 Å². The molecule has 92 valence electrons. The van der Waals surface area contributed by atoms with Crippen LogP contribution < -0.4 is 0 Å². The quantitative estimate of drug-likeness (QED) is 0.566. The molecule has 1 aromatic rings. The van der Waals surface area contributed by atoms with Crippen molar-refractivity contribution in [3.05, 3.63) is 43.0 Å². The van der Waals surface area contributed by atoms with Gasteiger partial charge in [0.1, 0.15) is 0 Å². The van der Waals surface area contributed by atoms with Crippen LogP contribution in [0.4, 0.5) is 0 Å². The Kier molecular flexibility index (Phi) is 3.61. The van der Waals surface area contributed by atoms with Crippen molar-refractivity contribution >= 4 is 10.0 Å². The Hall–Kier alpha value is -1.17. The second-order valence-corrected chi connectivity index (χ2v) is 5.82. The first-order valence-corrected chi connectivity index (χ1v) is 6.86. The van der Waals surface area contributed by atoms with Crippen molar-refractivity contribution in [2.45, 2.75) is 11.0 Å². The van der Waals surface area contributed by atoms with E-state index >= 15 is 0 Å². The molecule has 4 nitrogen and oxygen atoms in total. The monoisotopic (exact) mass is 253 g/mol. The maximum atomic E-state index is 12.3. The van der Waals surface area contributed by atoms with Gasteiger partial charge in [-0.05, 0) is 12.1 Å². The molecule has 0 spiro atoms. The molecule has 17 heavy (non-hydrogen) atoms. The topological polar surface area (TPSA) is 49.9 Å². The number of nitrogens with zero attached hydrogens (tertiary/aromatic N) is 1. The summed E-state index contributed by atoms with van der Waals surface area (Å²) in [6, 6.07) is 8.42. The number of benzene rings is 1. The Morgan fingerprint density at radius 3 is 2.59 bits per heavy atom. The van der Waals surface area contributed by atoms with Gasteiger partial charge in [-0.3, -0.25) is 0 Å². The lowest BCUT2D eigenvalue weighted by Crippen LogP contribution is -2.34. The van der Waals surface area contributed by atoms with Crippen LogP contribution in [0.2, 0.25) is 0 Å². The number of hydrogen-bond acceptors (Lipinski definition) is 3. The minimum Gasteiger partial charge on any atom is -0.372 e. The molecule has 0 aromatic heterocycles. The Morgan fingerprint density at radius 1 is 1.41 bits per heavy atom. The fourth-order valence-corrected chi connectivity index (χ4v) is 3.02. The summed E-state index contributed by atoms with van der Waals surface area (Å²) in [6.07, 6.45) is 1.62. The molecule has 1 aromatic carbocycles. The molecule has 0 saturated carbocycles. The van der Waals surface area contributed by atoms with E-state index in [9.17, 15) is 8.42 Å². The van der Waals surface area contributed by atoms with Gasteiger partial charge in [0.25, 0.3) is 0 Å². The number of ether oxygens (including phenoxy) is 1.